The molecule has 2 aromatic carbocycles. The third-order valence-electron chi connectivity index (χ3n) is 3.07. The van der Waals surface area contributed by atoms with Crippen LogP contribution in [0.1, 0.15) is 15.9 Å². The van der Waals surface area contributed by atoms with Gasteiger partial charge in [0.05, 0.1) is 21.3 Å². The molecular formula is C16H16O5. The number of ketones is 1. The van der Waals surface area contributed by atoms with E-state index in [4.69, 9.17) is 14.2 Å². The summed E-state index contributed by atoms with van der Waals surface area (Å²) < 4.78 is 15.4. The first-order valence-electron chi connectivity index (χ1n) is 6.24. The van der Waals surface area contributed by atoms with Crippen LogP contribution in [0.25, 0.3) is 0 Å². The third kappa shape index (κ3) is 2.91. The summed E-state index contributed by atoms with van der Waals surface area (Å²) in [6, 6.07) is 9.47. The van der Waals surface area contributed by atoms with Gasteiger partial charge in [0.2, 0.25) is 5.78 Å². The second-order valence-corrected chi connectivity index (χ2v) is 4.28. The van der Waals surface area contributed by atoms with Gasteiger partial charge < -0.3 is 19.3 Å². The number of phenolic OH excluding ortho intramolecular Hbond substituents is 1. The zero-order valence-corrected chi connectivity index (χ0v) is 12.0. The Balaban J connectivity index is 2.50. The molecule has 5 nitrogen and oxygen atoms in total. The molecule has 110 valence electrons. The van der Waals surface area contributed by atoms with Crippen LogP contribution in [0, 0.1) is 0 Å². The standard InChI is InChI=1S/C16H16O5/c1-19-12-6-4-10(5-7-12)16(18)15-13(20-2)8-11(17)9-14(15)21-3/h4-9,17H,1-3H3. The van der Waals surface area contributed by atoms with Gasteiger partial charge in [-0.2, -0.15) is 0 Å². The fourth-order valence-electron chi connectivity index (χ4n) is 2.01. The van der Waals surface area contributed by atoms with E-state index in [1.807, 2.05) is 0 Å². The maximum atomic E-state index is 12.6. The molecule has 2 aromatic rings. The second-order valence-electron chi connectivity index (χ2n) is 4.28. The normalized spacial score (nSPS) is 10.0. The molecule has 0 saturated heterocycles. The van der Waals surface area contributed by atoms with Crippen molar-refractivity contribution in [1.29, 1.82) is 0 Å². The number of aromatic hydroxyl groups is 1. The second kappa shape index (κ2) is 6.17. The lowest BCUT2D eigenvalue weighted by Crippen LogP contribution is -2.06. The van der Waals surface area contributed by atoms with Crippen LogP contribution in [-0.2, 0) is 0 Å². The maximum Gasteiger partial charge on any atom is 0.200 e. The molecule has 0 aromatic heterocycles. The lowest BCUT2D eigenvalue weighted by molar-refractivity contribution is 0.103. The fraction of sp³-hybridized carbons (Fsp3) is 0.188. The van der Waals surface area contributed by atoms with Crippen LogP contribution < -0.4 is 14.2 Å². The monoisotopic (exact) mass is 288 g/mol. The highest BCUT2D eigenvalue weighted by Gasteiger charge is 2.21. The maximum absolute atomic E-state index is 12.6. The third-order valence-corrected chi connectivity index (χ3v) is 3.07. The zero-order chi connectivity index (χ0) is 15.4. The number of ether oxygens (including phenoxy) is 3. The van der Waals surface area contributed by atoms with Gasteiger partial charge in [0.1, 0.15) is 28.6 Å². The number of carbonyl (C=O) groups is 1. The van der Waals surface area contributed by atoms with Gasteiger partial charge >= 0.3 is 0 Å². The molecule has 0 aliphatic heterocycles. The van der Waals surface area contributed by atoms with E-state index >= 15 is 0 Å². The van der Waals surface area contributed by atoms with Crippen molar-refractivity contribution in [2.24, 2.45) is 0 Å². The van der Waals surface area contributed by atoms with Gasteiger partial charge in [-0.05, 0) is 24.3 Å². The predicted octanol–water partition coefficient (Wildman–Crippen LogP) is 2.65. The summed E-state index contributed by atoms with van der Waals surface area (Å²) >= 11 is 0. The topological polar surface area (TPSA) is 65.0 Å². The molecule has 0 fully saturated rings. The molecule has 5 heteroatoms. The van der Waals surface area contributed by atoms with Crippen LogP contribution in [-0.4, -0.2) is 32.2 Å². The van der Waals surface area contributed by atoms with Crippen molar-refractivity contribution in [3.8, 4) is 23.0 Å². The summed E-state index contributed by atoms with van der Waals surface area (Å²) in [5, 5.41) is 9.61. The molecule has 2 rings (SSSR count). The van der Waals surface area contributed by atoms with E-state index in [0.29, 0.717) is 11.3 Å². The van der Waals surface area contributed by atoms with Crippen LogP contribution in [0.2, 0.25) is 0 Å². The first kappa shape index (κ1) is 14.7. The molecule has 0 saturated carbocycles. The molecule has 0 atom stereocenters. The minimum absolute atomic E-state index is 0.0324. The van der Waals surface area contributed by atoms with Gasteiger partial charge in [0.25, 0.3) is 0 Å². The van der Waals surface area contributed by atoms with Crippen LogP contribution >= 0.6 is 0 Å². The zero-order valence-electron chi connectivity index (χ0n) is 12.0. The summed E-state index contributed by atoms with van der Waals surface area (Å²) in [7, 11) is 4.42. The molecule has 0 aliphatic rings. The average Bonchev–Trinajstić information content (AvgIpc) is 2.53. The largest absolute Gasteiger partial charge is 0.508 e. The van der Waals surface area contributed by atoms with Crippen molar-refractivity contribution >= 4 is 5.78 Å². The number of benzene rings is 2. The van der Waals surface area contributed by atoms with Crippen molar-refractivity contribution < 1.29 is 24.1 Å². The Morgan fingerprint density at radius 2 is 1.43 bits per heavy atom. The van der Waals surface area contributed by atoms with Gasteiger partial charge in [-0.1, -0.05) is 0 Å². The van der Waals surface area contributed by atoms with Crippen LogP contribution in [0.5, 0.6) is 23.0 Å². The molecular weight excluding hydrogens is 272 g/mol. The Morgan fingerprint density at radius 1 is 0.905 bits per heavy atom. The number of hydrogen-bond acceptors (Lipinski definition) is 5. The summed E-state index contributed by atoms with van der Waals surface area (Å²) in [4.78, 5) is 12.6. The van der Waals surface area contributed by atoms with Crippen molar-refractivity contribution in [3.63, 3.8) is 0 Å². The van der Waals surface area contributed by atoms with Gasteiger partial charge in [0.15, 0.2) is 0 Å². The fourth-order valence-corrected chi connectivity index (χ4v) is 2.01. The smallest absolute Gasteiger partial charge is 0.200 e. The van der Waals surface area contributed by atoms with E-state index < -0.39 is 0 Å². The van der Waals surface area contributed by atoms with Crippen molar-refractivity contribution in [3.05, 3.63) is 47.5 Å². The Kier molecular flexibility index (Phi) is 4.33. The van der Waals surface area contributed by atoms with Gasteiger partial charge in [-0.3, -0.25) is 4.79 Å². The van der Waals surface area contributed by atoms with E-state index in [0.717, 1.165) is 0 Å². The lowest BCUT2D eigenvalue weighted by Gasteiger charge is -2.13. The molecule has 0 bridgehead atoms. The van der Waals surface area contributed by atoms with Gasteiger partial charge in [0, 0.05) is 17.7 Å². The van der Waals surface area contributed by atoms with Gasteiger partial charge in [-0.15, -0.1) is 0 Å². The summed E-state index contributed by atoms with van der Waals surface area (Å²) in [5.74, 6) is 0.887. The molecule has 0 aliphatic carbocycles. The minimum Gasteiger partial charge on any atom is -0.508 e. The number of phenols is 1. The SMILES string of the molecule is COc1ccc(C(=O)c2c(OC)cc(O)cc2OC)cc1. The number of hydrogen-bond donors (Lipinski definition) is 1. The molecule has 0 radical (unpaired) electrons. The van der Waals surface area contributed by atoms with Gasteiger partial charge in [-0.25, -0.2) is 0 Å². The number of rotatable bonds is 5. The first-order chi connectivity index (χ1) is 10.1. The van der Waals surface area contributed by atoms with Crippen molar-refractivity contribution in [1.82, 2.24) is 0 Å². The molecule has 0 amide bonds. The molecule has 0 spiro atoms. The van der Waals surface area contributed by atoms with Crippen LogP contribution in [0.3, 0.4) is 0 Å². The summed E-state index contributed by atoms with van der Waals surface area (Å²) in [5.41, 5.74) is 0.737. The first-order valence-corrected chi connectivity index (χ1v) is 6.24. The average molecular weight is 288 g/mol. The van der Waals surface area contributed by atoms with Crippen LogP contribution in [0.15, 0.2) is 36.4 Å². The highest BCUT2D eigenvalue weighted by molar-refractivity contribution is 6.12. The molecule has 0 unspecified atom stereocenters. The highest BCUT2D eigenvalue weighted by atomic mass is 16.5. The summed E-state index contributed by atoms with van der Waals surface area (Å²) in [6.07, 6.45) is 0. The Bertz CT molecular complexity index is 621. The Hall–Kier alpha value is -2.69. The minimum atomic E-state index is -0.258. The molecule has 0 heterocycles. The number of carbonyl (C=O) groups excluding carboxylic acids is 1. The Labute approximate surface area is 122 Å². The van der Waals surface area contributed by atoms with Crippen LogP contribution in [0.4, 0.5) is 0 Å². The Morgan fingerprint density at radius 3 is 1.86 bits per heavy atom. The highest BCUT2D eigenvalue weighted by Crippen LogP contribution is 2.35. The molecule has 21 heavy (non-hydrogen) atoms. The summed E-state index contributed by atoms with van der Waals surface area (Å²) in [6.45, 7) is 0. The van der Waals surface area contributed by atoms with E-state index in [9.17, 15) is 9.90 Å². The van der Waals surface area contributed by atoms with E-state index in [2.05, 4.69) is 0 Å². The quantitative estimate of drug-likeness (QED) is 0.857. The van der Waals surface area contributed by atoms with E-state index in [1.165, 1.54) is 26.4 Å². The van der Waals surface area contributed by atoms with E-state index in [1.54, 1.807) is 31.4 Å². The lowest BCUT2D eigenvalue weighted by atomic mass is 10.0. The van der Waals surface area contributed by atoms with Crippen molar-refractivity contribution in [2.75, 3.05) is 21.3 Å². The van der Waals surface area contributed by atoms with Crippen molar-refractivity contribution in [2.45, 2.75) is 0 Å². The number of methoxy groups -OCH3 is 3. The molecule has 1 N–H and O–H groups in total. The predicted molar refractivity (Wildman–Crippen MR) is 77.6 cm³/mol. The van der Waals surface area contributed by atoms with E-state index in [-0.39, 0.29) is 28.6 Å².